The fraction of sp³-hybridized carbons (Fsp3) is 0.667. The van der Waals surface area contributed by atoms with Crippen molar-refractivity contribution in [2.24, 2.45) is 5.41 Å². The molecule has 0 saturated carbocycles. The number of fused-ring (bicyclic) bond motifs is 1. The Hall–Kier alpha value is -0.780. The van der Waals surface area contributed by atoms with Crippen LogP contribution in [0.4, 0.5) is 0 Å². The largest absolute Gasteiger partial charge is 0.303 e. The maximum absolute atomic E-state index is 5.76. The smallest absolute Gasteiger partial charge is 0.105 e. The zero-order valence-corrected chi connectivity index (χ0v) is 9.08. The van der Waals surface area contributed by atoms with Crippen molar-refractivity contribution in [2.75, 3.05) is 33.7 Å². The van der Waals surface area contributed by atoms with E-state index in [1.165, 1.54) is 0 Å². The highest BCUT2D eigenvalue weighted by Gasteiger charge is 2.60. The molecule has 2 aliphatic rings. The predicted octanol–water partition coefficient (Wildman–Crippen LogP) is 0.812. The second-order valence-corrected chi connectivity index (χ2v) is 4.71. The highest BCUT2D eigenvalue weighted by Crippen LogP contribution is 2.50. The van der Waals surface area contributed by atoms with Gasteiger partial charge in [-0.05, 0) is 20.5 Å². The molecule has 0 unspecified atom stereocenters. The third-order valence-electron chi connectivity index (χ3n) is 4.05. The van der Waals surface area contributed by atoms with E-state index in [0.717, 1.165) is 26.1 Å². The van der Waals surface area contributed by atoms with Crippen molar-refractivity contribution < 1.29 is 0 Å². The summed E-state index contributed by atoms with van der Waals surface area (Å²) in [6.45, 7) is 7.09. The van der Waals surface area contributed by atoms with Crippen LogP contribution in [-0.2, 0) is 0 Å². The van der Waals surface area contributed by atoms with E-state index in [1.54, 1.807) is 0 Å². The van der Waals surface area contributed by atoms with E-state index in [4.69, 9.17) is 6.42 Å². The van der Waals surface area contributed by atoms with Crippen molar-refractivity contribution in [3.63, 3.8) is 0 Å². The standard InChI is InChI=1S/C12H18N2/c1-5-11-7-8-14(4)12(11,6-2)10-13(3)9-11/h2,5H,1,7-10H2,3-4H3/t11-,12+/m0/s1. The predicted molar refractivity (Wildman–Crippen MR) is 58.9 cm³/mol. The van der Waals surface area contributed by atoms with E-state index in [9.17, 15) is 0 Å². The fourth-order valence-electron chi connectivity index (χ4n) is 3.20. The lowest BCUT2D eigenvalue weighted by Gasteiger charge is -2.36. The van der Waals surface area contributed by atoms with Crippen LogP contribution in [-0.4, -0.2) is 49.1 Å². The second-order valence-electron chi connectivity index (χ2n) is 4.71. The van der Waals surface area contributed by atoms with Gasteiger partial charge in [-0.2, -0.15) is 0 Å². The van der Waals surface area contributed by atoms with Crippen molar-refractivity contribution in [1.82, 2.24) is 9.80 Å². The zero-order chi connectivity index (χ0) is 10.4. The van der Waals surface area contributed by atoms with Crippen LogP contribution in [0.5, 0.6) is 0 Å². The third kappa shape index (κ3) is 0.893. The van der Waals surface area contributed by atoms with Crippen LogP contribution in [0.25, 0.3) is 0 Å². The van der Waals surface area contributed by atoms with E-state index in [-0.39, 0.29) is 11.0 Å². The van der Waals surface area contributed by atoms with E-state index in [1.807, 2.05) is 0 Å². The van der Waals surface area contributed by atoms with Crippen LogP contribution in [0, 0.1) is 17.8 Å². The summed E-state index contributed by atoms with van der Waals surface area (Å²) in [5, 5.41) is 0. The molecule has 0 spiro atoms. The zero-order valence-electron chi connectivity index (χ0n) is 9.08. The average Bonchev–Trinajstić information content (AvgIpc) is 2.60. The van der Waals surface area contributed by atoms with Gasteiger partial charge in [-0.15, -0.1) is 13.0 Å². The summed E-state index contributed by atoms with van der Waals surface area (Å²) in [5.41, 5.74) is 0.00868. The Bertz CT molecular complexity index is 304. The molecule has 0 N–H and O–H groups in total. The normalized spacial score (nSPS) is 43.5. The second kappa shape index (κ2) is 2.85. The van der Waals surface area contributed by atoms with E-state index < -0.39 is 0 Å². The fourth-order valence-corrected chi connectivity index (χ4v) is 3.20. The maximum atomic E-state index is 5.76. The van der Waals surface area contributed by atoms with Gasteiger partial charge in [0.25, 0.3) is 0 Å². The first kappa shape index (κ1) is 9.76. The highest BCUT2D eigenvalue weighted by atomic mass is 15.3. The van der Waals surface area contributed by atoms with Gasteiger partial charge in [0.1, 0.15) is 5.54 Å². The van der Waals surface area contributed by atoms with Gasteiger partial charge in [0.15, 0.2) is 0 Å². The van der Waals surface area contributed by atoms with Gasteiger partial charge in [-0.1, -0.05) is 12.0 Å². The van der Waals surface area contributed by atoms with Gasteiger partial charge in [-0.3, -0.25) is 4.90 Å². The lowest BCUT2D eigenvalue weighted by Crippen LogP contribution is -2.50. The van der Waals surface area contributed by atoms with Crippen LogP contribution < -0.4 is 0 Å². The molecule has 2 heterocycles. The Morgan fingerprint density at radius 1 is 1.43 bits per heavy atom. The van der Waals surface area contributed by atoms with Crippen molar-refractivity contribution in [2.45, 2.75) is 12.0 Å². The first-order valence-electron chi connectivity index (χ1n) is 5.11. The quantitative estimate of drug-likeness (QED) is 0.446. The van der Waals surface area contributed by atoms with Gasteiger partial charge >= 0.3 is 0 Å². The van der Waals surface area contributed by atoms with E-state index >= 15 is 0 Å². The molecular formula is C12H18N2. The summed E-state index contributed by atoms with van der Waals surface area (Å²) in [6, 6.07) is 0. The number of hydrogen-bond acceptors (Lipinski definition) is 2. The van der Waals surface area contributed by atoms with Gasteiger partial charge < -0.3 is 4.90 Å². The molecule has 76 valence electrons. The van der Waals surface area contributed by atoms with Gasteiger partial charge in [0.05, 0.1) is 0 Å². The molecule has 2 fully saturated rings. The molecule has 14 heavy (non-hydrogen) atoms. The molecule has 2 nitrogen and oxygen atoms in total. The number of terminal acetylenes is 1. The molecule has 0 radical (unpaired) electrons. The van der Waals surface area contributed by atoms with Gasteiger partial charge in [0, 0.05) is 25.0 Å². The Morgan fingerprint density at radius 2 is 2.14 bits per heavy atom. The Kier molecular flexibility index (Phi) is 1.99. The molecule has 2 aliphatic heterocycles. The van der Waals surface area contributed by atoms with Crippen molar-refractivity contribution in [3.05, 3.63) is 12.7 Å². The van der Waals surface area contributed by atoms with Crippen molar-refractivity contribution in [1.29, 1.82) is 0 Å². The summed E-state index contributed by atoms with van der Waals surface area (Å²) in [5.74, 6) is 3.02. The Morgan fingerprint density at radius 3 is 2.64 bits per heavy atom. The molecule has 0 aromatic carbocycles. The molecule has 0 aromatic rings. The van der Waals surface area contributed by atoms with E-state index in [0.29, 0.717) is 0 Å². The lowest BCUT2D eigenvalue weighted by molar-refractivity contribution is 0.194. The van der Waals surface area contributed by atoms with E-state index in [2.05, 4.69) is 42.5 Å². The number of hydrogen-bond donors (Lipinski definition) is 0. The maximum Gasteiger partial charge on any atom is 0.105 e. The number of likely N-dealkylation sites (tertiary alicyclic amines) is 2. The first-order chi connectivity index (χ1) is 6.60. The summed E-state index contributed by atoms with van der Waals surface area (Å²) in [4.78, 5) is 4.63. The molecule has 0 aliphatic carbocycles. The minimum absolute atomic E-state index is 0.108. The number of rotatable bonds is 1. The van der Waals surface area contributed by atoms with Crippen LogP contribution in [0.1, 0.15) is 6.42 Å². The monoisotopic (exact) mass is 190 g/mol. The Balaban J connectivity index is 2.48. The minimum Gasteiger partial charge on any atom is -0.303 e. The topological polar surface area (TPSA) is 6.48 Å². The third-order valence-corrected chi connectivity index (χ3v) is 4.05. The minimum atomic E-state index is -0.108. The average molecular weight is 190 g/mol. The summed E-state index contributed by atoms with van der Waals surface area (Å²) < 4.78 is 0. The molecule has 2 saturated heterocycles. The molecule has 0 aromatic heterocycles. The summed E-state index contributed by atoms with van der Waals surface area (Å²) >= 11 is 0. The van der Waals surface area contributed by atoms with Crippen LogP contribution in [0.2, 0.25) is 0 Å². The van der Waals surface area contributed by atoms with Crippen molar-refractivity contribution >= 4 is 0 Å². The van der Waals surface area contributed by atoms with Gasteiger partial charge in [0.2, 0.25) is 0 Å². The highest BCUT2D eigenvalue weighted by molar-refractivity contribution is 5.33. The van der Waals surface area contributed by atoms with Crippen molar-refractivity contribution in [3.8, 4) is 12.3 Å². The van der Waals surface area contributed by atoms with Gasteiger partial charge in [-0.25, -0.2) is 0 Å². The van der Waals surface area contributed by atoms with Crippen LogP contribution in [0.3, 0.4) is 0 Å². The van der Waals surface area contributed by atoms with Crippen LogP contribution >= 0.6 is 0 Å². The molecule has 0 amide bonds. The lowest BCUT2D eigenvalue weighted by atomic mass is 9.73. The molecule has 2 rings (SSSR count). The number of nitrogens with zero attached hydrogens (tertiary/aromatic N) is 2. The molecular weight excluding hydrogens is 172 g/mol. The Labute approximate surface area is 86.6 Å². The molecule has 2 atom stereocenters. The summed E-state index contributed by atoms with van der Waals surface area (Å²) in [6.07, 6.45) is 8.98. The SMILES string of the molecule is C#C[C@@]12CN(C)C[C@]1(C=C)CCN2C. The number of likely N-dealkylation sites (N-methyl/N-ethyl adjacent to an activating group) is 2. The molecule has 2 heteroatoms. The van der Waals surface area contributed by atoms with Crippen LogP contribution in [0.15, 0.2) is 12.7 Å². The molecule has 0 bridgehead atoms. The first-order valence-corrected chi connectivity index (χ1v) is 5.11. The summed E-state index contributed by atoms with van der Waals surface area (Å²) in [7, 11) is 4.26.